The van der Waals surface area contributed by atoms with Crippen molar-refractivity contribution in [3.05, 3.63) is 29.0 Å². The highest BCUT2D eigenvalue weighted by molar-refractivity contribution is 6.30. The third-order valence-corrected chi connectivity index (χ3v) is 3.27. The number of aromatic nitrogens is 1. The van der Waals surface area contributed by atoms with Crippen LogP contribution >= 0.6 is 11.6 Å². The number of carbonyl (C=O) groups is 1. The van der Waals surface area contributed by atoms with E-state index in [4.69, 9.17) is 16.3 Å². The van der Waals surface area contributed by atoms with Crippen molar-refractivity contribution in [1.29, 1.82) is 0 Å². The van der Waals surface area contributed by atoms with Crippen molar-refractivity contribution in [2.75, 3.05) is 20.2 Å². The quantitative estimate of drug-likeness (QED) is 0.845. The van der Waals surface area contributed by atoms with E-state index in [-0.39, 0.29) is 12.0 Å². The third-order valence-electron chi connectivity index (χ3n) is 3.04. The molecule has 1 amide bonds. The minimum Gasteiger partial charge on any atom is -0.376 e. The average molecular weight is 269 g/mol. The number of carbonyl (C=O) groups excluding carboxylic acids is 1. The summed E-state index contributed by atoms with van der Waals surface area (Å²) in [7, 11) is 1.77. The summed E-state index contributed by atoms with van der Waals surface area (Å²) < 4.78 is 5.62. The lowest BCUT2D eigenvalue weighted by molar-refractivity contribution is -0.000289. The number of halogens is 1. The SMILES string of the molecule is CN(CC1CCCCO1)C(=O)c1cc(Cl)ccn1. The molecule has 2 heterocycles. The number of amides is 1. The van der Waals surface area contributed by atoms with Gasteiger partial charge in [-0.3, -0.25) is 9.78 Å². The first-order valence-electron chi connectivity index (χ1n) is 6.15. The molecule has 1 saturated heterocycles. The largest absolute Gasteiger partial charge is 0.376 e. The van der Waals surface area contributed by atoms with E-state index in [1.807, 2.05) is 0 Å². The zero-order valence-electron chi connectivity index (χ0n) is 10.4. The van der Waals surface area contributed by atoms with E-state index in [0.717, 1.165) is 19.4 Å². The lowest BCUT2D eigenvalue weighted by Crippen LogP contribution is -2.37. The van der Waals surface area contributed by atoms with Crippen LogP contribution in [0.1, 0.15) is 29.8 Å². The number of pyridine rings is 1. The predicted molar refractivity (Wildman–Crippen MR) is 69.8 cm³/mol. The van der Waals surface area contributed by atoms with E-state index in [9.17, 15) is 4.79 Å². The minimum atomic E-state index is -0.119. The highest BCUT2D eigenvalue weighted by Gasteiger charge is 2.20. The fourth-order valence-electron chi connectivity index (χ4n) is 2.06. The van der Waals surface area contributed by atoms with Crippen LogP contribution in [0.15, 0.2) is 18.3 Å². The molecule has 1 unspecified atom stereocenters. The summed E-state index contributed by atoms with van der Waals surface area (Å²) in [4.78, 5) is 17.8. The van der Waals surface area contributed by atoms with Crippen molar-refractivity contribution >= 4 is 17.5 Å². The molecule has 1 aromatic heterocycles. The second kappa shape index (κ2) is 6.16. The summed E-state index contributed by atoms with van der Waals surface area (Å²) in [6, 6.07) is 3.24. The van der Waals surface area contributed by atoms with Crippen LogP contribution in [-0.4, -0.2) is 42.1 Å². The molecule has 1 aromatic rings. The molecule has 0 aliphatic carbocycles. The van der Waals surface area contributed by atoms with Crippen molar-refractivity contribution < 1.29 is 9.53 Å². The highest BCUT2D eigenvalue weighted by Crippen LogP contribution is 2.15. The first kappa shape index (κ1) is 13.3. The van der Waals surface area contributed by atoms with Gasteiger partial charge in [0.25, 0.3) is 5.91 Å². The summed E-state index contributed by atoms with van der Waals surface area (Å²) >= 11 is 5.85. The first-order chi connectivity index (χ1) is 8.66. The van der Waals surface area contributed by atoms with Gasteiger partial charge in [-0.2, -0.15) is 0 Å². The van der Waals surface area contributed by atoms with Crippen molar-refractivity contribution in [2.24, 2.45) is 0 Å². The number of hydrogen-bond donors (Lipinski definition) is 0. The Bertz CT molecular complexity index is 419. The van der Waals surface area contributed by atoms with E-state index >= 15 is 0 Å². The van der Waals surface area contributed by atoms with E-state index in [2.05, 4.69) is 4.98 Å². The molecular weight excluding hydrogens is 252 g/mol. The van der Waals surface area contributed by atoms with Gasteiger partial charge in [0, 0.05) is 31.4 Å². The maximum Gasteiger partial charge on any atom is 0.272 e. The molecule has 4 nitrogen and oxygen atoms in total. The Kier molecular flexibility index (Phi) is 4.55. The van der Waals surface area contributed by atoms with Crippen LogP contribution in [0.5, 0.6) is 0 Å². The molecule has 0 radical (unpaired) electrons. The molecule has 1 atom stereocenters. The number of likely N-dealkylation sites (N-methyl/N-ethyl adjacent to an activating group) is 1. The molecule has 18 heavy (non-hydrogen) atoms. The predicted octanol–water partition coefficient (Wildman–Crippen LogP) is 2.38. The molecule has 5 heteroatoms. The molecule has 1 aliphatic rings. The zero-order valence-corrected chi connectivity index (χ0v) is 11.2. The lowest BCUT2D eigenvalue weighted by Gasteiger charge is -2.27. The molecule has 0 spiro atoms. The van der Waals surface area contributed by atoms with E-state index < -0.39 is 0 Å². The first-order valence-corrected chi connectivity index (χ1v) is 6.53. The second-order valence-electron chi connectivity index (χ2n) is 4.53. The van der Waals surface area contributed by atoms with Gasteiger partial charge in [0.15, 0.2) is 0 Å². The molecule has 98 valence electrons. The summed E-state index contributed by atoms with van der Waals surface area (Å²) in [5, 5.41) is 0.524. The van der Waals surface area contributed by atoms with Gasteiger partial charge in [0.2, 0.25) is 0 Å². The Labute approximate surface area is 112 Å². The zero-order chi connectivity index (χ0) is 13.0. The Hall–Kier alpha value is -1.13. The Morgan fingerprint density at radius 2 is 2.44 bits per heavy atom. The van der Waals surface area contributed by atoms with Crippen LogP contribution in [0.2, 0.25) is 5.02 Å². The fourth-order valence-corrected chi connectivity index (χ4v) is 2.22. The minimum absolute atomic E-state index is 0.119. The topological polar surface area (TPSA) is 42.4 Å². The molecule has 2 rings (SSSR count). The maximum absolute atomic E-state index is 12.1. The number of rotatable bonds is 3. The van der Waals surface area contributed by atoms with E-state index in [0.29, 0.717) is 17.3 Å². The second-order valence-corrected chi connectivity index (χ2v) is 4.97. The van der Waals surface area contributed by atoms with Crippen molar-refractivity contribution in [1.82, 2.24) is 9.88 Å². The van der Waals surface area contributed by atoms with Gasteiger partial charge in [-0.25, -0.2) is 0 Å². The Morgan fingerprint density at radius 3 is 3.11 bits per heavy atom. The molecule has 0 saturated carbocycles. The van der Waals surface area contributed by atoms with Crippen LogP contribution in [0.25, 0.3) is 0 Å². The summed E-state index contributed by atoms with van der Waals surface area (Å²) in [5.41, 5.74) is 0.376. The Balaban J connectivity index is 1.95. The Morgan fingerprint density at radius 1 is 1.61 bits per heavy atom. The van der Waals surface area contributed by atoms with Gasteiger partial charge in [-0.15, -0.1) is 0 Å². The molecular formula is C13H17ClN2O2. The maximum atomic E-state index is 12.1. The summed E-state index contributed by atoms with van der Waals surface area (Å²) in [5.74, 6) is -0.119. The van der Waals surface area contributed by atoms with E-state index in [1.165, 1.54) is 6.42 Å². The number of nitrogens with zero attached hydrogens (tertiary/aromatic N) is 2. The van der Waals surface area contributed by atoms with Gasteiger partial charge in [-0.1, -0.05) is 11.6 Å². The third kappa shape index (κ3) is 3.43. The van der Waals surface area contributed by atoms with Crippen LogP contribution in [0.4, 0.5) is 0 Å². The van der Waals surface area contributed by atoms with Crippen LogP contribution < -0.4 is 0 Å². The smallest absolute Gasteiger partial charge is 0.272 e. The van der Waals surface area contributed by atoms with Gasteiger partial charge >= 0.3 is 0 Å². The molecule has 0 bridgehead atoms. The summed E-state index contributed by atoms with van der Waals surface area (Å²) in [6.45, 7) is 1.40. The van der Waals surface area contributed by atoms with Gasteiger partial charge in [-0.05, 0) is 31.4 Å². The van der Waals surface area contributed by atoms with Crippen molar-refractivity contribution in [3.8, 4) is 0 Å². The van der Waals surface area contributed by atoms with Crippen LogP contribution in [0.3, 0.4) is 0 Å². The van der Waals surface area contributed by atoms with Crippen LogP contribution in [0, 0.1) is 0 Å². The fraction of sp³-hybridized carbons (Fsp3) is 0.538. The molecule has 0 aromatic carbocycles. The van der Waals surface area contributed by atoms with Crippen LogP contribution in [-0.2, 0) is 4.74 Å². The summed E-state index contributed by atoms with van der Waals surface area (Å²) in [6.07, 6.45) is 4.99. The normalized spacial score (nSPS) is 19.6. The average Bonchev–Trinajstić information content (AvgIpc) is 2.39. The van der Waals surface area contributed by atoms with E-state index in [1.54, 1.807) is 30.3 Å². The highest BCUT2D eigenvalue weighted by atomic mass is 35.5. The molecule has 1 fully saturated rings. The number of hydrogen-bond acceptors (Lipinski definition) is 3. The van der Waals surface area contributed by atoms with Gasteiger partial charge < -0.3 is 9.64 Å². The monoisotopic (exact) mass is 268 g/mol. The molecule has 0 N–H and O–H groups in total. The molecule has 1 aliphatic heterocycles. The van der Waals surface area contributed by atoms with Crippen molar-refractivity contribution in [3.63, 3.8) is 0 Å². The number of ether oxygens (including phenoxy) is 1. The standard InChI is InChI=1S/C13H17ClN2O2/c1-16(9-11-4-2-3-7-18-11)13(17)12-8-10(14)5-6-15-12/h5-6,8,11H,2-4,7,9H2,1H3. The lowest BCUT2D eigenvalue weighted by atomic mass is 10.1. The van der Waals surface area contributed by atoms with Crippen molar-refractivity contribution in [2.45, 2.75) is 25.4 Å². The van der Waals surface area contributed by atoms with Gasteiger partial charge in [0.05, 0.1) is 6.10 Å². The van der Waals surface area contributed by atoms with Gasteiger partial charge in [0.1, 0.15) is 5.69 Å².